The Morgan fingerprint density at radius 2 is 1.71 bits per heavy atom. The fourth-order valence-corrected chi connectivity index (χ4v) is 5.52. The van der Waals surface area contributed by atoms with Crippen LogP contribution in [-0.4, -0.2) is 44.3 Å². The Balaban J connectivity index is 1.31. The molecule has 42 heavy (non-hydrogen) atoms. The molecule has 1 aromatic heterocycles. The molecule has 1 amide bonds. The Kier molecular flexibility index (Phi) is 8.48. The molecule has 0 atom stereocenters. The highest BCUT2D eigenvalue weighted by molar-refractivity contribution is 7.90. The average Bonchev–Trinajstić information content (AvgIpc) is 3.47. The quantitative estimate of drug-likeness (QED) is 0.235. The van der Waals surface area contributed by atoms with Crippen molar-refractivity contribution in [2.24, 2.45) is 0 Å². The molecule has 0 saturated carbocycles. The number of likely N-dealkylation sites (N-methyl/N-ethyl adjacent to an activating group) is 1. The van der Waals surface area contributed by atoms with E-state index < -0.39 is 32.5 Å². The van der Waals surface area contributed by atoms with Gasteiger partial charge in [-0.15, -0.1) is 0 Å². The molecule has 216 valence electrons. The second-order valence-corrected chi connectivity index (χ2v) is 11.4. The van der Waals surface area contributed by atoms with Gasteiger partial charge >= 0.3 is 0 Å². The molecule has 0 unspecified atom stereocenters. The molecule has 0 bridgehead atoms. The van der Waals surface area contributed by atoms with Crippen molar-refractivity contribution in [2.75, 3.05) is 25.1 Å². The molecule has 0 aliphatic rings. The second kappa shape index (κ2) is 12.4. The first-order valence-corrected chi connectivity index (χ1v) is 14.6. The van der Waals surface area contributed by atoms with Gasteiger partial charge in [0.1, 0.15) is 5.75 Å². The van der Waals surface area contributed by atoms with E-state index in [0.717, 1.165) is 28.0 Å². The molecule has 1 N–H and O–H groups in total. The molecule has 0 spiro atoms. The smallest absolute Gasteiger partial charge is 0.264 e. The van der Waals surface area contributed by atoms with E-state index >= 15 is 0 Å². The van der Waals surface area contributed by atoms with Gasteiger partial charge in [0.2, 0.25) is 0 Å². The molecule has 8 nitrogen and oxygen atoms in total. The van der Waals surface area contributed by atoms with Crippen molar-refractivity contribution in [3.05, 3.63) is 120 Å². The number of carbonyl (C=O) groups excluding carboxylic acids is 1. The van der Waals surface area contributed by atoms with Crippen molar-refractivity contribution >= 4 is 32.4 Å². The number of halogens is 2. The number of nitrogens with zero attached hydrogens (tertiary/aromatic N) is 3. The average molecular weight is 591 g/mol. The van der Waals surface area contributed by atoms with E-state index in [1.807, 2.05) is 41.3 Å². The van der Waals surface area contributed by atoms with E-state index in [1.54, 1.807) is 28.9 Å². The molecule has 0 aliphatic heterocycles. The van der Waals surface area contributed by atoms with Crippen molar-refractivity contribution in [1.29, 1.82) is 0 Å². The maximum Gasteiger partial charge on any atom is 0.264 e. The van der Waals surface area contributed by atoms with Crippen molar-refractivity contribution in [3.63, 3.8) is 0 Å². The Morgan fingerprint density at radius 1 is 0.929 bits per heavy atom. The largest absolute Gasteiger partial charge is 0.491 e. The Hall–Kier alpha value is -4.77. The lowest BCUT2D eigenvalue weighted by atomic mass is 10.1. The van der Waals surface area contributed by atoms with Gasteiger partial charge in [0, 0.05) is 25.9 Å². The Labute approximate surface area is 242 Å². The third-order valence-electron chi connectivity index (χ3n) is 6.63. The lowest BCUT2D eigenvalue weighted by Gasteiger charge is -2.23. The van der Waals surface area contributed by atoms with Gasteiger partial charge in [0.15, 0.2) is 11.6 Å². The number of benzene rings is 4. The maximum atomic E-state index is 13.6. The summed E-state index contributed by atoms with van der Waals surface area (Å²) >= 11 is 0. The summed E-state index contributed by atoms with van der Waals surface area (Å²) in [6, 6.07) is 23.8. The summed E-state index contributed by atoms with van der Waals surface area (Å²) in [5.74, 6) is -2.86. The van der Waals surface area contributed by atoms with Crippen molar-refractivity contribution in [3.8, 4) is 5.75 Å². The van der Waals surface area contributed by atoms with E-state index in [0.29, 0.717) is 43.1 Å². The molecule has 0 aliphatic carbocycles. The number of hydrogen-bond acceptors (Lipinski definition) is 6. The van der Waals surface area contributed by atoms with Gasteiger partial charge in [-0.3, -0.25) is 9.48 Å². The number of hydrogen-bond donors (Lipinski definition) is 1. The van der Waals surface area contributed by atoms with Crippen LogP contribution in [0.15, 0.2) is 102 Å². The highest BCUT2D eigenvalue weighted by Crippen LogP contribution is 2.30. The molecule has 11 heteroatoms. The number of rotatable bonds is 11. The fraction of sp³-hybridized carbons (Fsp3) is 0.161. The normalized spacial score (nSPS) is 11.4. The van der Waals surface area contributed by atoms with Crippen molar-refractivity contribution in [1.82, 2.24) is 14.5 Å². The highest BCUT2D eigenvalue weighted by Gasteiger charge is 2.21. The van der Waals surface area contributed by atoms with Crippen LogP contribution in [0.2, 0.25) is 0 Å². The number of amides is 1. The predicted molar refractivity (Wildman–Crippen MR) is 156 cm³/mol. The summed E-state index contributed by atoms with van der Waals surface area (Å²) in [6.07, 6.45) is 4.18. The third-order valence-corrected chi connectivity index (χ3v) is 8.00. The molecular weight excluding hydrogens is 562 g/mol. The number of fused-ring (bicyclic) bond motifs is 1. The predicted octanol–water partition coefficient (Wildman–Crippen LogP) is 4.93. The van der Waals surface area contributed by atoms with Crippen LogP contribution >= 0.6 is 0 Å². The molecule has 0 saturated heterocycles. The number of anilines is 1. The number of nitrogens with one attached hydrogen (secondary N) is 1. The van der Waals surface area contributed by atoms with Crippen molar-refractivity contribution < 1.29 is 26.7 Å². The number of aromatic nitrogens is 2. The van der Waals surface area contributed by atoms with E-state index in [9.17, 15) is 22.0 Å². The van der Waals surface area contributed by atoms with Gasteiger partial charge < -0.3 is 9.64 Å². The standard InChI is InChI=1S/C31H28F2N4O4S/c1-36(21-31(38)35-42(39,40)26-10-11-27(32)28(33)19-26)29-12-8-23(20-37-15-4-14-34-37)18-30(29)41-16-13-22-7-9-24-5-2-3-6-25(24)17-22/h2-12,14-15,17-19H,13,16,20-21H2,1H3,(H,35,38). The van der Waals surface area contributed by atoms with Gasteiger partial charge in [0.05, 0.1) is 30.3 Å². The lowest BCUT2D eigenvalue weighted by molar-refractivity contribution is -0.118. The van der Waals surface area contributed by atoms with E-state index in [2.05, 4.69) is 35.4 Å². The first-order chi connectivity index (χ1) is 20.2. The van der Waals surface area contributed by atoms with Gasteiger partial charge in [-0.2, -0.15) is 5.10 Å². The van der Waals surface area contributed by atoms with Crippen LogP contribution in [0.25, 0.3) is 10.8 Å². The van der Waals surface area contributed by atoms with Crippen LogP contribution in [0.3, 0.4) is 0 Å². The lowest BCUT2D eigenvalue weighted by Crippen LogP contribution is -2.38. The summed E-state index contributed by atoms with van der Waals surface area (Å²) in [5, 5.41) is 6.54. The van der Waals surface area contributed by atoms with Gasteiger partial charge in [-0.05, 0) is 58.3 Å². The maximum absolute atomic E-state index is 13.6. The van der Waals surface area contributed by atoms with Crippen LogP contribution in [0.1, 0.15) is 11.1 Å². The van der Waals surface area contributed by atoms with Crippen LogP contribution in [0.4, 0.5) is 14.5 Å². The summed E-state index contributed by atoms with van der Waals surface area (Å²) in [6.45, 7) is 0.522. The molecule has 0 fully saturated rings. The van der Waals surface area contributed by atoms with Gasteiger partial charge in [-0.25, -0.2) is 21.9 Å². The summed E-state index contributed by atoms with van der Waals surface area (Å²) < 4.78 is 61.9. The third kappa shape index (κ3) is 6.92. The van der Waals surface area contributed by atoms with Crippen LogP contribution < -0.4 is 14.4 Å². The van der Waals surface area contributed by atoms with Gasteiger partial charge in [0.25, 0.3) is 15.9 Å². The monoisotopic (exact) mass is 590 g/mol. The molecular formula is C31H28F2N4O4S. The number of ether oxygens (including phenoxy) is 1. The Bertz CT molecular complexity index is 1830. The van der Waals surface area contributed by atoms with E-state index in [-0.39, 0.29) is 6.54 Å². The van der Waals surface area contributed by atoms with Crippen LogP contribution in [0.5, 0.6) is 5.75 Å². The summed E-state index contributed by atoms with van der Waals surface area (Å²) in [7, 11) is -2.78. The fourth-order valence-electron chi connectivity index (χ4n) is 4.53. The molecule has 1 heterocycles. The first kappa shape index (κ1) is 28.7. The van der Waals surface area contributed by atoms with Crippen LogP contribution in [0, 0.1) is 11.6 Å². The number of carbonyl (C=O) groups is 1. The highest BCUT2D eigenvalue weighted by atomic mass is 32.2. The molecule has 0 radical (unpaired) electrons. The molecule has 5 rings (SSSR count). The van der Waals surface area contributed by atoms with Crippen molar-refractivity contribution in [2.45, 2.75) is 17.9 Å². The van der Waals surface area contributed by atoms with E-state index in [1.165, 1.54) is 0 Å². The Morgan fingerprint density at radius 3 is 2.48 bits per heavy atom. The SMILES string of the molecule is CN(CC(=O)NS(=O)(=O)c1ccc(F)c(F)c1)c1ccc(Cn2cccn2)cc1OCCc1ccc2ccccc2c1. The minimum atomic E-state index is -4.41. The van der Waals surface area contributed by atoms with Crippen LogP contribution in [-0.2, 0) is 27.8 Å². The minimum Gasteiger partial charge on any atom is -0.491 e. The molecule has 5 aromatic rings. The zero-order valence-corrected chi connectivity index (χ0v) is 23.5. The topological polar surface area (TPSA) is 93.5 Å². The second-order valence-electron chi connectivity index (χ2n) is 9.75. The molecule has 4 aromatic carbocycles. The summed E-state index contributed by atoms with van der Waals surface area (Å²) in [5.41, 5.74) is 2.60. The van der Waals surface area contributed by atoms with Gasteiger partial charge in [-0.1, -0.05) is 48.5 Å². The minimum absolute atomic E-state index is 0.345. The van der Waals surface area contributed by atoms with E-state index in [4.69, 9.17) is 4.74 Å². The summed E-state index contributed by atoms with van der Waals surface area (Å²) in [4.78, 5) is 13.7. The zero-order chi connectivity index (χ0) is 29.7. The zero-order valence-electron chi connectivity index (χ0n) is 22.7. The number of sulfonamides is 1. The first-order valence-electron chi connectivity index (χ1n) is 13.1.